The van der Waals surface area contributed by atoms with Crippen LogP contribution in [0.3, 0.4) is 0 Å². The molecule has 0 aliphatic rings. The van der Waals surface area contributed by atoms with Gasteiger partial charge in [0, 0.05) is 22.2 Å². The smallest absolute Gasteiger partial charge is 0.396 e. The van der Waals surface area contributed by atoms with Crippen LogP contribution in [-0.2, 0) is 6.18 Å². The summed E-state index contributed by atoms with van der Waals surface area (Å²) in [6.07, 6.45) is -3.64. The summed E-state index contributed by atoms with van der Waals surface area (Å²) in [5.41, 5.74) is -1.62. The normalized spacial score (nSPS) is 14.6. The number of aliphatic hydroxyl groups excluding tert-OH is 1. The van der Waals surface area contributed by atoms with Crippen molar-refractivity contribution in [3.05, 3.63) is 33.8 Å². The first kappa shape index (κ1) is 18.0. The zero-order valence-corrected chi connectivity index (χ0v) is 13.3. The van der Waals surface area contributed by atoms with Crippen molar-refractivity contribution in [2.24, 2.45) is 0 Å². The van der Waals surface area contributed by atoms with Crippen LogP contribution >= 0.6 is 15.9 Å². The van der Waals surface area contributed by atoms with E-state index in [4.69, 9.17) is 5.11 Å². The van der Waals surface area contributed by atoms with Gasteiger partial charge in [-0.3, -0.25) is 4.79 Å². The highest BCUT2D eigenvalue weighted by molar-refractivity contribution is 9.10. The molecule has 0 saturated carbocycles. The van der Waals surface area contributed by atoms with E-state index in [1.54, 1.807) is 6.92 Å². The highest BCUT2D eigenvalue weighted by Gasteiger charge is 2.34. The van der Waals surface area contributed by atoms with E-state index in [0.717, 1.165) is 6.07 Å². The van der Waals surface area contributed by atoms with Crippen molar-refractivity contribution < 1.29 is 23.1 Å². The van der Waals surface area contributed by atoms with Gasteiger partial charge in [-0.1, -0.05) is 22.9 Å². The molecule has 0 bridgehead atoms. The number of halogens is 4. The molecule has 0 spiro atoms. The molecule has 0 heterocycles. The van der Waals surface area contributed by atoms with E-state index in [-0.39, 0.29) is 16.6 Å². The van der Waals surface area contributed by atoms with Gasteiger partial charge in [0.1, 0.15) is 0 Å². The van der Waals surface area contributed by atoms with Crippen molar-refractivity contribution in [2.45, 2.75) is 38.4 Å². The Kier molecular flexibility index (Phi) is 5.81. The number of benzene rings is 1. The molecule has 1 aromatic carbocycles. The predicted octanol–water partition coefficient (Wildman–Crippen LogP) is 3.75. The highest BCUT2D eigenvalue weighted by Crippen LogP contribution is 2.35. The van der Waals surface area contributed by atoms with E-state index in [0.29, 0.717) is 12.8 Å². The van der Waals surface area contributed by atoms with Gasteiger partial charge in [-0.15, -0.1) is 0 Å². The third-order valence-corrected chi connectivity index (χ3v) is 4.08. The van der Waals surface area contributed by atoms with E-state index < -0.39 is 23.2 Å². The maximum atomic E-state index is 12.8. The minimum absolute atomic E-state index is 0.0665. The number of nitrogens with one attached hydrogen (secondary N) is 1. The summed E-state index contributed by atoms with van der Waals surface area (Å²) >= 11 is 2.83. The topological polar surface area (TPSA) is 49.3 Å². The van der Waals surface area contributed by atoms with Crippen molar-refractivity contribution in [1.29, 1.82) is 0 Å². The van der Waals surface area contributed by atoms with Crippen molar-refractivity contribution >= 4 is 21.8 Å². The Morgan fingerprint density at radius 2 is 2.00 bits per heavy atom. The maximum Gasteiger partial charge on any atom is 0.417 e. The minimum Gasteiger partial charge on any atom is -0.396 e. The lowest BCUT2D eigenvalue weighted by Crippen LogP contribution is -2.46. The Bertz CT molecular complexity index is 519. The molecule has 0 aliphatic carbocycles. The van der Waals surface area contributed by atoms with Gasteiger partial charge in [0.05, 0.1) is 5.56 Å². The number of carbonyl (C=O) groups excluding carboxylic acids is 1. The van der Waals surface area contributed by atoms with Crippen LogP contribution in [0.25, 0.3) is 0 Å². The summed E-state index contributed by atoms with van der Waals surface area (Å²) in [6.45, 7) is 3.46. The van der Waals surface area contributed by atoms with Crippen LogP contribution in [0.4, 0.5) is 13.2 Å². The Morgan fingerprint density at radius 3 is 2.48 bits per heavy atom. The van der Waals surface area contributed by atoms with Crippen LogP contribution < -0.4 is 5.32 Å². The third-order valence-electron chi connectivity index (χ3n) is 3.39. The second-order valence-corrected chi connectivity index (χ2v) is 5.89. The molecule has 0 fully saturated rings. The van der Waals surface area contributed by atoms with E-state index in [9.17, 15) is 18.0 Å². The molecule has 1 aromatic rings. The van der Waals surface area contributed by atoms with Gasteiger partial charge >= 0.3 is 6.18 Å². The monoisotopic (exact) mass is 367 g/mol. The zero-order valence-electron chi connectivity index (χ0n) is 11.7. The lowest BCUT2D eigenvalue weighted by Gasteiger charge is -2.29. The first-order valence-corrected chi connectivity index (χ1v) is 7.22. The standard InChI is InChI=1S/C14H17BrF3NO2/c1-3-13(2,6-7-20)19-12(21)9-4-5-11(15)10(8-9)14(16,17)18/h4-5,8,20H,3,6-7H2,1-2H3,(H,19,21). The predicted molar refractivity (Wildman–Crippen MR) is 77.0 cm³/mol. The molecule has 0 aromatic heterocycles. The number of aliphatic hydroxyl groups is 1. The fourth-order valence-electron chi connectivity index (χ4n) is 1.80. The Labute approximate surface area is 129 Å². The van der Waals surface area contributed by atoms with Crippen molar-refractivity contribution in [3.63, 3.8) is 0 Å². The number of hydrogen-bond donors (Lipinski definition) is 2. The minimum atomic E-state index is -4.53. The molecular weight excluding hydrogens is 351 g/mol. The van der Waals surface area contributed by atoms with Crippen LogP contribution in [0, 0.1) is 0 Å². The summed E-state index contributed by atoms with van der Waals surface area (Å²) in [6, 6.07) is 3.34. The summed E-state index contributed by atoms with van der Waals surface area (Å²) in [4.78, 5) is 12.1. The molecule has 118 valence electrons. The van der Waals surface area contributed by atoms with Crippen LogP contribution in [0.5, 0.6) is 0 Å². The lowest BCUT2D eigenvalue weighted by molar-refractivity contribution is -0.138. The first-order valence-electron chi connectivity index (χ1n) is 6.43. The number of alkyl halides is 3. The van der Waals surface area contributed by atoms with Crippen molar-refractivity contribution in [1.82, 2.24) is 5.32 Å². The Hall–Kier alpha value is -1.08. The van der Waals surface area contributed by atoms with Crippen molar-refractivity contribution in [3.8, 4) is 0 Å². The number of hydrogen-bond acceptors (Lipinski definition) is 2. The number of rotatable bonds is 5. The molecule has 3 nitrogen and oxygen atoms in total. The van der Waals surface area contributed by atoms with Gasteiger partial charge in [0.15, 0.2) is 0 Å². The van der Waals surface area contributed by atoms with Crippen LogP contribution in [-0.4, -0.2) is 23.2 Å². The molecule has 1 unspecified atom stereocenters. The van der Waals surface area contributed by atoms with Gasteiger partial charge in [-0.2, -0.15) is 13.2 Å². The highest BCUT2D eigenvalue weighted by atomic mass is 79.9. The Balaban J connectivity index is 3.04. The summed E-state index contributed by atoms with van der Waals surface area (Å²) < 4.78 is 38.4. The molecule has 1 rings (SSSR count). The van der Waals surface area contributed by atoms with Gasteiger partial charge in [0.2, 0.25) is 0 Å². The second-order valence-electron chi connectivity index (χ2n) is 5.03. The quantitative estimate of drug-likeness (QED) is 0.832. The van der Waals surface area contributed by atoms with Crippen LogP contribution in [0.15, 0.2) is 22.7 Å². The average Bonchev–Trinajstić information content (AvgIpc) is 2.38. The molecular formula is C14H17BrF3NO2. The summed E-state index contributed by atoms with van der Waals surface area (Å²) in [5.74, 6) is -0.592. The van der Waals surface area contributed by atoms with Gasteiger partial charge in [0.25, 0.3) is 5.91 Å². The summed E-state index contributed by atoms with van der Waals surface area (Å²) in [5, 5.41) is 11.7. The molecule has 2 N–H and O–H groups in total. The maximum absolute atomic E-state index is 12.8. The zero-order chi connectivity index (χ0) is 16.3. The first-order chi connectivity index (χ1) is 9.63. The molecule has 1 amide bonds. The summed E-state index contributed by atoms with van der Waals surface area (Å²) in [7, 11) is 0. The van der Waals surface area contributed by atoms with Gasteiger partial charge in [-0.25, -0.2) is 0 Å². The fraction of sp³-hybridized carbons (Fsp3) is 0.500. The number of carbonyl (C=O) groups is 1. The average molecular weight is 368 g/mol. The van der Waals surface area contributed by atoms with Gasteiger partial charge < -0.3 is 10.4 Å². The van der Waals surface area contributed by atoms with Gasteiger partial charge in [-0.05, 0) is 38.0 Å². The van der Waals surface area contributed by atoms with Crippen LogP contribution in [0.2, 0.25) is 0 Å². The van der Waals surface area contributed by atoms with E-state index in [1.807, 2.05) is 6.92 Å². The SMILES string of the molecule is CCC(C)(CCO)NC(=O)c1ccc(Br)c(C(F)(F)F)c1. The molecule has 0 saturated heterocycles. The molecule has 0 aliphatic heterocycles. The largest absolute Gasteiger partial charge is 0.417 e. The van der Waals surface area contributed by atoms with Crippen molar-refractivity contribution in [2.75, 3.05) is 6.61 Å². The molecule has 21 heavy (non-hydrogen) atoms. The molecule has 0 radical (unpaired) electrons. The van der Waals surface area contributed by atoms with E-state index in [2.05, 4.69) is 21.2 Å². The lowest BCUT2D eigenvalue weighted by atomic mass is 9.94. The number of amides is 1. The third kappa shape index (κ3) is 4.71. The second kappa shape index (κ2) is 6.79. The fourth-order valence-corrected chi connectivity index (χ4v) is 2.28. The molecule has 7 heteroatoms. The molecule has 1 atom stereocenters. The van der Waals surface area contributed by atoms with Crippen LogP contribution in [0.1, 0.15) is 42.6 Å². The Morgan fingerprint density at radius 1 is 1.38 bits per heavy atom. The van der Waals surface area contributed by atoms with E-state index >= 15 is 0 Å². The van der Waals surface area contributed by atoms with E-state index in [1.165, 1.54) is 12.1 Å².